The van der Waals surface area contributed by atoms with E-state index in [0.717, 1.165) is 0 Å². The maximum atomic E-state index is 11.5. The summed E-state index contributed by atoms with van der Waals surface area (Å²) in [4.78, 5) is 23.0. The van der Waals surface area contributed by atoms with Crippen molar-refractivity contribution in [3.8, 4) is 0 Å². The molecule has 0 aromatic carbocycles. The van der Waals surface area contributed by atoms with E-state index in [9.17, 15) is 9.59 Å². The molecule has 0 rings (SSSR count). The van der Waals surface area contributed by atoms with Crippen LogP contribution in [0.2, 0.25) is 0 Å². The van der Waals surface area contributed by atoms with Gasteiger partial charge in [-0.3, -0.25) is 9.59 Å². The standard InChI is InChI=1S/C11H20O2.K.H/c1-10(2,3)8(12)7-9(13)11(4,5)6;;/h7H2,1-6H3;;/q;+1;-1. The second kappa shape index (κ2) is 5.90. The minimum Gasteiger partial charge on any atom is -1.00 e. The van der Waals surface area contributed by atoms with E-state index >= 15 is 0 Å². The summed E-state index contributed by atoms with van der Waals surface area (Å²) in [5.41, 5.74) is -0.804. The van der Waals surface area contributed by atoms with Gasteiger partial charge in [0.2, 0.25) is 0 Å². The predicted molar refractivity (Wildman–Crippen MR) is 54.7 cm³/mol. The van der Waals surface area contributed by atoms with Gasteiger partial charge in [-0.1, -0.05) is 41.5 Å². The Labute approximate surface area is 131 Å². The van der Waals surface area contributed by atoms with Crippen molar-refractivity contribution < 1.29 is 62.4 Å². The summed E-state index contributed by atoms with van der Waals surface area (Å²) < 4.78 is 0. The quantitative estimate of drug-likeness (QED) is 0.478. The van der Waals surface area contributed by atoms with Crippen LogP contribution in [0.25, 0.3) is 0 Å². The number of carbonyl (C=O) groups is 2. The van der Waals surface area contributed by atoms with Crippen LogP contribution in [-0.4, -0.2) is 11.6 Å². The van der Waals surface area contributed by atoms with E-state index in [0.29, 0.717) is 0 Å². The molecule has 78 valence electrons. The Morgan fingerprint density at radius 1 is 0.857 bits per heavy atom. The molecular weight excluding hydrogens is 203 g/mol. The minimum absolute atomic E-state index is 0. The monoisotopic (exact) mass is 224 g/mol. The molecule has 0 saturated heterocycles. The fourth-order valence-corrected chi connectivity index (χ4v) is 0.676. The molecule has 0 N–H and O–H groups in total. The molecule has 14 heavy (non-hydrogen) atoms. The van der Waals surface area contributed by atoms with Crippen LogP contribution in [0.1, 0.15) is 49.4 Å². The summed E-state index contributed by atoms with van der Waals surface area (Å²) >= 11 is 0. The normalized spacial score (nSPS) is 11.9. The molecule has 0 saturated carbocycles. The zero-order valence-electron chi connectivity index (χ0n) is 11.5. The predicted octanol–water partition coefficient (Wildman–Crippen LogP) is -0.277. The molecule has 0 atom stereocenters. The third-order valence-electron chi connectivity index (χ3n) is 1.99. The van der Waals surface area contributed by atoms with E-state index < -0.39 is 10.8 Å². The van der Waals surface area contributed by atoms with Gasteiger partial charge in [-0.05, 0) is 0 Å². The largest absolute Gasteiger partial charge is 1.00 e. The van der Waals surface area contributed by atoms with Gasteiger partial charge in [-0.2, -0.15) is 0 Å². The van der Waals surface area contributed by atoms with Gasteiger partial charge < -0.3 is 1.43 Å². The molecule has 0 bridgehead atoms. The molecule has 0 fully saturated rings. The summed E-state index contributed by atoms with van der Waals surface area (Å²) in [5, 5.41) is 0. The second-order valence-corrected chi connectivity index (χ2v) is 5.52. The van der Waals surface area contributed by atoms with Gasteiger partial charge in [-0.25, -0.2) is 0 Å². The Kier molecular flexibility index (Phi) is 7.32. The van der Waals surface area contributed by atoms with Crippen LogP contribution < -0.4 is 51.4 Å². The van der Waals surface area contributed by atoms with Crippen molar-refractivity contribution in [2.45, 2.75) is 48.0 Å². The molecule has 0 aliphatic rings. The van der Waals surface area contributed by atoms with E-state index in [2.05, 4.69) is 0 Å². The Hall–Kier alpha value is 0.976. The van der Waals surface area contributed by atoms with Gasteiger partial charge in [0, 0.05) is 10.8 Å². The zero-order valence-corrected chi connectivity index (χ0v) is 13.6. The van der Waals surface area contributed by atoms with Gasteiger partial charge in [0.15, 0.2) is 0 Å². The Morgan fingerprint density at radius 2 is 1.07 bits per heavy atom. The van der Waals surface area contributed by atoms with Crippen molar-refractivity contribution in [1.29, 1.82) is 0 Å². The molecule has 0 aromatic heterocycles. The first-order valence-corrected chi connectivity index (χ1v) is 4.62. The molecule has 0 radical (unpaired) electrons. The molecule has 0 unspecified atom stereocenters. The summed E-state index contributed by atoms with van der Waals surface area (Å²) in [7, 11) is 0. The zero-order chi connectivity index (χ0) is 10.9. The van der Waals surface area contributed by atoms with Crippen molar-refractivity contribution in [2.24, 2.45) is 10.8 Å². The Morgan fingerprint density at radius 3 is 1.21 bits per heavy atom. The molecule has 0 aliphatic carbocycles. The van der Waals surface area contributed by atoms with Crippen LogP contribution in [0.15, 0.2) is 0 Å². The summed E-state index contributed by atoms with van der Waals surface area (Å²) in [6, 6.07) is 0. The van der Waals surface area contributed by atoms with E-state index in [1.165, 1.54) is 0 Å². The first-order valence-electron chi connectivity index (χ1n) is 4.62. The number of hydrogen-bond acceptors (Lipinski definition) is 2. The van der Waals surface area contributed by atoms with Crippen molar-refractivity contribution in [3.05, 3.63) is 0 Å². The first-order chi connectivity index (χ1) is 5.55. The van der Waals surface area contributed by atoms with Crippen LogP contribution in [0.4, 0.5) is 0 Å². The van der Waals surface area contributed by atoms with E-state index in [1.807, 2.05) is 41.5 Å². The molecule has 0 amide bonds. The summed E-state index contributed by atoms with van der Waals surface area (Å²) in [5.74, 6) is 0.0415. The number of rotatable bonds is 2. The smallest absolute Gasteiger partial charge is 1.00 e. The molecule has 0 aliphatic heterocycles. The van der Waals surface area contributed by atoms with Gasteiger partial charge >= 0.3 is 51.4 Å². The van der Waals surface area contributed by atoms with E-state index in [1.54, 1.807) is 0 Å². The van der Waals surface area contributed by atoms with Gasteiger partial charge in [-0.15, -0.1) is 0 Å². The Bertz CT molecular complexity index is 200. The van der Waals surface area contributed by atoms with Crippen molar-refractivity contribution in [2.75, 3.05) is 0 Å². The Balaban J connectivity index is -0.000000720. The maximum absolute atomic E-state index is 11.5. The van der Waals surface area contributed by atoms with E-state index in [4.69, 9.17) is 0 Å². The molecule has 3 heteroatoms. The molecule has 0 spiro atoms. The fraction of sp³-hybridized carbons (Fsp3) is 0.818. The van der Waals surface area contributed by atoms with Crippen molar-refractivity contribution in [3.63, 3.8) is 0 Å². The van der Waals surface area contributed by atoms with Crippen LogP contribution in [-0.2, 0) is 9.59 Å². The molecule has 2 nitrogen and oxygen atoms in total. The van der Waals surface area contributed by atoms with Gasteiger partial charge in [0.05, 0.1) is 6.42 Å². The van der Waals surface area contributed by atoms with Gasteiger partial charge in [0.1, 0.15) is 11.6 Å². The molecular formula is C11H21KO2. The average molecular weight is 224 g/mol. The third-order valence-corrected chi connectivity index (χ3v) is 1.99. The number of ketones is 2. The van der Waals surface area contributed by atoms with Crippen LogP contribution >= 0.6 is 0 Å². The topological polar surface area (TPSA) is 34.1 Å². The molecule has 0 heterocycles. The number of hydrogen-bond donors (Lipinski definition) is 0. The SMILES string of the molecule is CC(C)(C)C(=O)CC(=O)C(C)(C)C.[H-].[K+]. The number of Topliss-reactive ketones (excluding diaryl/α,β-unsaturated/α-hetero) is 2. The maximum Gasteiger partial charge on any atom is 1.00 e. The van der Waals surface area contributed by atoms with Crippen molar-refractivity contribution in [1.82, 2.24) is 0 Å². The summed E-state index contributed by atoms with van der Waals surface area (Å²) in [6.45, 7) is 11.0. The van der Waals surface area contributed by atoms with Crippen LogP contribution in [0.3, 0.4) is 0 Å². The van der Waals surface area contributed by atoms with Crippen molar-refractivity contribution >= 4 is 11.6 Å². The minimum atomic E-state index is -0.402. The van der Waals surface area contributed by atoms with Gasteiger partial charge in [0.25, 0.3) is 0 Å². The third kappa shape index (κ3) is 6.46. The molecule has 0 aromatic rings. The fourth-order valence-electron chi connectivity index (χ4n) is 0.676. The van der Waals surface area contributed by atoms with Crippen LogP contribution in [0.5, 0.6) is 0 Å². The summed E-state index contributed by atoms with van der Waals surface area (Å²) in [6.07, 6.45) is 0.0625. The van der Waals surface area contributed by atoms with E-state index in [-0.39, 0.29) is 70.8 Å². The number of carbonyl (C=O) groups excluding carboxylic acids is 2. The van der Waals surface area contributed by atoms with Crippen LogP contribution in [0, 0.1) is 10.8 Å². The second-order valence-electron chi connectivity index (χ2n) is 5.52. The first kappa shape index (κ1) is 17.4. The average Bonchev–Trinajstić information content (AvgIpc) is 1.82.